The summed E-state index contributed by atoms with van der Waals surface area (Å²) in [6.45, 7) is 2.89. The molecule has 0 aliphatic heterocycles. The Kier molecular flexibility index (Phi) is 5.13. The van der Waals surface area contributed by atoms with Crippen LogP contribution < -0.4 is 5.32 Å². The first-order chi connectivity index (χ1) is 9.74. The molecule has 0 saturated carbocycles. The maximum Gasteiger partial charge on any atom is 0.169 e. The van der Waals surface area contributed by atoms with E-state index in [1.165, 1.54) is 11.1 Å². The van der Waals surface area contributed by atoms with Crippen molar-refractivity contribution in [3.63, 3.8) is 0 Å². The Labute approximate surface area is 126 Å². The summed E-state index contributed by atoms with van der Waals surface area (Å²) < 4.78 is 0. The molecule has 2 aromatic rings. The van der Waals surface area contributed by atoms with Gasteiger partial charge in [0.1, 0.15) is 0 Å². The van der Waals surface area contributed by atoms with Gasteiger partial charge in [0.2, 0.25) is 0 Å². The van der Waals surface area contributed by atoms with Crippen molar-refractivity contribution in [3.8, 4) is 0 Å². The van der Waals surface area contributed by atoms with E-state index in [4.69, 9.17) is 12.2 Å². The highest BCUT2D eigenvalue weighted by Gasteiger charge is 2.20. The molecule has 0 spiro atoms. The predicted molar refractivity (Wildman–Crippen MR) is 88.8 cm³/mol. The number of thiocarbonyl (C=S) groups is 1. The molecule has 104 valence electrons. The van der Waals surface area contributed by atoms with Crippen LogP contribution in [-0.4, -0.2) is 23.6 Å². The van der Waals surface area contributed by atoms with Gasteiger partial charge in [-0.25, -0.2) is 0 Å². The van der Waals surface area contributed by atoms with E-state index in [-0.39, 0.29) is 6.04 Å². The SMILES string of the molecule is CCNC(=S)N(C)C(c1ccccc1)c1ccccc1. The molecule has 0 aliphatic carbocycles. The molecule has 0 heterocycles. The van der Waals surface area contributed by atoms with E-state index in [0.29, 0.717) is 0 Å². The molecular weight excluding hydrogens is 264 g/mol. The zero-order valence-electron chi connectivity index (χ0n) is 11.9. The summed E-state index contributed by atoms with van der Waals surface area (Å²) in [4.78, 5) is 2.11. The number of nitrogens with one attached hydrogen (secondary N) is 1. The molecule has 0 atom stereocenters. The van der Waals surface area contributed by atoms with E-state index >= 15 is 0 Å². The van der Waals surface area contributed by atoms with E-state index in [0.717, 1.165) is 11.7 Å². The van der Waals surface area contributed by atoms with E-state index < -0.39 is 0 Å². The average molecular weight is 284 g/mol. The van der Waals surface area contributed by atoms with Crippen LogP contribution in [0.15, 0.2) is 60.7 Å². The van der Waals surface area contributed by atoms with Crippen molar-refractivity contribution in [3.05, 3.63) is 71.8 Å². The molecule has 3 heteroatoms. The van der Waals surface area contributed by atoms with Gasteiger partial charge in [-0.1, -0.05) is 60.7 Å². The lowest BCUT2D eigenvalue weighted by Crippen LogP contribution is -2.39. The van der Waals surface area contributed by atoms with E-state index in [1.54, 1.807) is 0 Å². The third kappa shape index (κ3) is 3.36. The van der Waals surface area contributed by atoms with Gasteiger partial charge in [0, 0.05) is 13.6 Å². The first-order valence-electron chi connectivity index (χ1n) is 6.84. The van der Waals surface area contributed by atoms with Gasteiger partial charge >= 0.3 is 0 Å². The Morgan fingerprint density at radius 2 is 1.45 bits per heavy atom. The Morgan fingerprint density at radius 1 is 1.00 bits per heavy atom. The van der Waals surface area contributed by atoms with Gasteiger partial charge in [0.05, 0.1) is 6.04 Å². The van der Waals surface area contributed by atoms with Gasteiger partial charge in [0.15, 0.2) is 5.11 Å². The molecule has 0 fully saturated rings. The van der Waals surface area contributed by atoms with Crippen molar-refractivity contribution in [1.29, 1.82) is 0 Å². The highest BCUT2D eigenvalue weighted by atomic mass is 32.1. The second-order valence-corrected chi connectivity index (χ2v) is 5.06. The third-order valence-electron chi connectivity index (χ3n) is 3.27. The van der Waals surface area contributed by atoms with Crippen molar-refractivity contribution in [2.75, 3.05) is 13.6 Å². The van der Waals surface area contributed by atoms with E-state index in [2.05, 4.69) is 65.7 Å². The van der Waals surface area contributed by atoms with E-state index in [9.17, 15) is 0 Å². The van der Waals surface area contributed by atoms with Crippen LogP contribution in [0.25, 0.3) is 0 Å². The van der Waals surface area contributed by atoms with Crippen LogP contribution in [0.5, 0.6) is 0 Å². The molecule has 0 radical (unpaired) electrons. The van der Waals surface area contributed by atoms with Gasteiger partial charge in [0.25, 0.3) is 0 Å². The zero-order chi connectivity index (χ0) is 14.4. The van der Waals surface area contributed by atoms with Crippen molar-refractivity contribution < 1.29 is 0 Å². The molecule has 1 N–H and O–H groups in total. The minimum absolute atomic E-state index is 0.129. The molecule has 0 bridgehead atoms. The van der Waals surface area contributed by atoms with Crippen LogP contribution in [0.3, 0.4) is 0 Å². The number of benzene rings is 2. The lowest BCUT2D eigenvalue weighted by molar-refractivity contribution is 0.421. The topological polar surface area (TPSA) is 15.3 Å². The summed E-state index contributed by atoms with van der Waals surface area (Å²) in [5, 5.41) is 3.99. The number of hydrogen-bond donors (Lipinski definition) is 1. The monoisotopic (exact) mass is 284 g/mol. The summed E-state index contributed by atoms with van der Waals surface area (Å²) in [5.74, 6) is 0. The van der Waals surface area contributed by atoms with Crippen LogP contribution in [0.2, 0.25) is 0 Å². The van der Waals surface area contributed by atoms with Crippen LogP contribution in [0.4, 0.5) is 0 Å². The van der Waals surface area contributed by atoms with Gasteiger partial charge in [-0.3, -0.25) is 0 Å². The van der Waals surface area contributed by atoms with Gasteiger partial charge in [-0.05, 0) is 30.3 Å². The maximum absolute atomic E-state index is 5.47. The molecular formula is C17H20N2S. The average Bonchev–Trinajstić information content (AvgIpc) is 2.50. The van der Waals surface area contributed by atoms with Crippen LogP contribution in [0, 0.1) is 0 Å². The summed E-state index contributed by atoms with van der Waals surface area (Å²) >= 11 is 5.47. The number of hydrogen-bond acceptors (Lipinski definition) is 1. The summed E-state index contributed by atoms with van der Waals surface area (Å²) in [6, 6.07) is 21.0. The van der Waals surface area contributed by atoms with Gasteiger partial charge in [-0.15, -0.1) is 0 Å². The second kappa shape index (κ2) is 7.06. The van der Waals surface area contributed by atoms with Crippen LogP contribution in [-0.2, 0) is 0 Å². The molecule has 0 aromatic heterocycles. The summed E-state index contributed by atoms with van der Waals surface area (Å²) in [6.07, 6.45) is 0. The van der Waals surface area contributed by atoms with Crippen molar-refractivity contribution >= 4 is 17.3 Å². The predicted octanol–water partition coefficient (Wildman–Crippen LogP) is 3.60. The van der Waals surface area contributed by atoms with Crippen LogP contribution >= 0.6 is 12.2 Å². The summed E-state index contributed by atoms with van der Waals surface area (Å²) in [7, 11) is 2.04. The number of rotatable bonds is 4. The fourth-order valence-electron chi connectivity index (χ4n) is 2.30. The highest BCUT2D eigenvalue weighted by molar-refractivity contribution is 7.80. The second-order valence-electron chi connectivity index (χ2n) is 4.67. The molecule has 2 rings (SSSR count). The molecule has 0 aliphatic rings. The largest absolute Gasteiger partial charge is 0.363 e. The van der Waals surface area contributed by atoms with Crippen molar-refractivity contribution in [1.82, 2.24) is 10.2 Å². The smallest absolute Gasteiger partial charge is 0.169 e. The Bertz CT molecular complexity index is 500. The minimum atomic E-state index is 0.129. The van der Waals surface area contributed by atoms with Crippen molar-refractivity contribution in [2.45, 2.75) is 13.0 Å². The maximum atomic E-state index is 5.47. The van der Waals surface area contributed by atoms with Crippen LogP contribution in [0.1, 0.15) is 24.1 Å². The molecule has 2 aromatic carbocycles. The lowest BCUT2D eigenvalue weighted by atomic mass is 9.98. The van der Waals surface area contributed by atoms with E-state index in [1.807, 2.05) is 19.2 Å². The molecule has 2 nitrogen and oxygen atoms in total. The van der Waals surface area contributed by atoms with Gasteiger partial charge in [-0.2, -0.15) is 0 Å². The normalized spacial score (nSPS) is 10.3. The molecule has 0 unspecified atom stereocenters. The standard InChI is InChI=1S/C17H20N2S/c1-3-18-17(20)19(2)16(14-10-6-4-7-11-14)15-12-8-5-9-13-15/h4-13,16H,3H2,1-2H3,(H,18,20). The molecule has 0 amide bonds. The first-order valence-corrected chi connectivity index (χ1v) is 7.25. The fourth-order valence-corrected chi connectivity index (χ4v) is 2.55. The minimum Gasteiger partial charge on any atom is -0.363 e. The first kappa shape index (κ1) is 14.5. The zero-order valence-corrected chi connectivity index (χ0v) is 12.7. The highest BCUT2D eigenvalue weighted by Crippen LogP contribution is 2.27. The fraction of sp³-hybridized carbons (Fsp3) is 0.235. The lowest BCUT2D eigenvalue weighted by Gasteiger charge is -2.31. The third-order valence-corrected chi connectivity index (χ3v) is 3.70. The Hall–Kier alpha value is -1.87. The Balaban J connectivity index is 2.37. The van der Waals surface area contributed by atoms with Gasteiger partial charge < -0.3 is 10.2 Å². The molecule has 20 heavy (non-hydrogen) atoms. The Morgan fingerprint density at radius 3 is 1.85 bits per heavy atom. The summed E-state index contributed by atoms with van der Waals surface area (Å²) in [5.41, 5.74) is 2.47. The van der Waals surface area contributed by atoms with Crippen molar-refractivity contribution in [2.24, 2.45) is 0 Å². The number of nitrogens with zero attached hydrogens (tertiary/aromatic N) is 1. The quantitative estimate of drug-likeness (QED) is 0.864. The molecule has 0 saturated heterocycles.